The summed E-state index contributed by atoms with van der Waals surface area (Å²) in [7, 11) is 1.37. The fourth-order valence-electron chi connectivity index (χ4n) is 1.63. The van der Waals surface area contributed by atoms with Crippen molar-refractivity contribution in [1.29, 1.82) is 0 Å². The Morgan fingerprint density at radius 3 is 2.75 bits per heavy atom. The van der Waals surface area contributed by atoms with Crippen molar-refractivity contribution < 1.29 is 14.1 Å². The Bertz CT molecular complexity index is 675. The van der Waals surface area contributed by atoms with Gasteiger partial charge in [-0.25, -0.2) is 9.07 Å². The van der Waals surface area contributed by atoms with Crippen LogP contribution in [0.2, 0.25) is 10.2 Å². The van der Waals surface area contributed by atoms with Crippen molar-refractivity contribution in [3.05, 3.63) is 50.0 Å². The van der Waals surface area contributed by atoms with E-state index < -0.39 is 10.7 Å². The lowest BCUT2D eigenvalue weighted by Gasteiger charge is -2.03. The lowest BCUT2D eigenvalue weighted by Crippen LogP contribution is -1.99. The molecule has 0 saturated carbocycles. The van der Waals surface area contributed by atoms with E-state index in [0.717, 1.165) is 10.7 Å². The van der Waals surface area contributed by atoms with Gasteiger partial charge in [0.1, 0.15) is 5.82 Å². The molecule has 0 atom stereocenters. The highest BCUT2D eigenvalue weighted by Crippen LogP contribution is 2.31. The van der Waals surface area contributed by atoms with Crippen LogP contribution in [0.5, 0.6) is 0 Å². The third-order valence-electron chi connectivity index (χ3n) is 2.49. The molecule has 0 amide bonds. The van der Waals surface area contributed by atoms with E-state index in [1.807, 2.05) is 0 Å². The monoisotopic (exact) mass is 319 g/mol. The molecule has 0 saturated heterocycles. The minimum absolute atomic E-state index is 0.0536. The van der Waals surface area contributed by atoms with Gasteiger partial charge >= 0.3 is 5.69 Å². The molecule has 1 aromatic heterocycles. The Morgan fingerprint density at radius 2 is 2.20 bits per heavy atom. The number of rotatable bonds is 4. The van der Waals surface area contributed by atoms with Gasteiger partial charge in [-0.1, -0.05) is 23.2 Å². The van der Waals surface area contributed by atoms with Crippen molar-refractivity contribution in [3.8, 4) is 5.69 Å². The summed E-state index contributed by atoms with van der Waals surface area (Å²) >= 11 is 11.5. The minimum atomic E-state index is -0.674. The molecular formula is C11H8Cl2FN3O3. The molecular weight excluding hydrogens is 312 g/mol. The molecule has 1 aromatic carbocycles. The molecule has 1 heterocycles. The summed E-state index contributed by atoms with van der Waals surface area (Å²) in [6.45, 7) is -0.0842. The Kier molecular flexibility index (Phi) is 4.22. The van der Waals surface area contributed by atoms with E-state index in [1.165, 1.54) is 19.2 Å². The number of hydrogen-bond acceptors (Lipinski definition) is 4. The first-order chi connectivity index (χ1) is 9.45. The van der Waals surface area contributed by atoms with Crippen LogP contribution in [0.4, 0.5) is 10.1 Å². The van der Waals surface area contributed by atoms with Crippen molar-refractivity contribution in [2.45, 2.75) is 6.61 Å². The summed E-state index contributed by atoms with van der Waals surface area (Å²) in [6, 6.07) is 3.85. The Morgan fingerprint density at radius 1 is 1.50 bits per heavy atom. The number of benzene rings is 1. The van der Waals surface area contributed by atoms with Crippen molar-refractivity contribution >= 4 is 28.9 Å². The largest absolute Gasteiger partial charge is 0.378 e. The van der Waals surface area contributed by atoms with Gasteiger partial charge < -0.3 is 4.74 Å². The van der Waals surface area contributed by atoms with Crippen LogP contribution < -0.4 is 0 Å². The summed E-state index contributed by atoms with van der Waals surface area (Å²) in [6.07, 6.45) is 0. The standard InChI is InChI=1S/C11H8Cl2FN3O3/c1-20-5-9-10(17(18)19)11(13)16(15-9)6-2-3-7(12)8(14)4-6/h2-4H,5H2,1H3. The second-order valence-corrected chi connectivity index (χ2v) is 4.55. The molecule has 0 bridgehead atoms. The zero-order chi connectivity index (χ0) is 14.9. The molecule has 0 unspecified atom stereocenters. The maximum absolute atomic E-state index is 13.4. The first kappa shape index (κ1) is 14.7. The topological polar surface area (TPSA) is 70.2 Å². The Hall–Kier alpha value is -1.70. The van der Waals surface area contributed by atoms with Gasteiger partial charge in [0, 0.05) is 13.2 Å². The van der Waals surface area contributed by atoms with E-state index in [-0.39, 0.29) is 33.9 Å². The van der Waals surface area contributed by atoms with Crippen LogP contribution in [-0.2, 0) is 11.3 Å². The second kappa shape index (κ2) is 5.74. The lowest BCUT2D eigenvalue weighted by atomic mass is 10.3. The van der Waals surface area contributed by atoms with E-state index in [1.54, 1.807) is 0 Å². The van der Waals surface area contributed by atoms with Crippen LogP contribution in [-0.4, -0.2) is 21.8 Å². The van der Waals surface area contributed by atoms with E-state index in [4.69, 9.17) is 27.9 Å². The van der Waals surface area contributed by atoms with Gasteiger partial charge in [0.2, 0.25) is 5.15 Å². The molecule has 0 aliphatic carbocycles. The highest BCUT2D eigenvalue weighted by atomic mass is 35.5. The number of nitro groups is 1. The molecule has 0 aliphatic rings. The van der Waals surface area contributed by atoms with Crippen LogP contribution in [0, 0.1) is 15.9 Å². The second-order valence-electron chi connectivity index (χ2n) is 3.79. The minimum Gasteiger partial charge on any atom is -0.378 e. The van der Waals surface area contributed by atoms with E-state index in [0.29, 0.717) is 0 Å². The molecule has 6 nitrogen and oxygen atoms in total. The quantitative estimate of drug-likeness (QED) is 0.640. The fourth-order valence-corrected chi connectivity index (χ4v) is 2.06. The van der Waals surface area contributed by atoms with Crippen LogP contribution >= 0.6 is 23.2 Å². The summed E-state index contributed by atoms with van der Waals surface area (Å²) < 4.78 is 19.3. The molecule has 20 heavy (non-hydrogen) atoms. The van der Waals surface area contributed by atoms with E-state index >= 15 is 0 Å². The smallest absolute Gasteiger partial charge is 0.331 e. The highest BCUT2D eigenvalue weighted by Gasteiger charge is 2.27. The average molecular weight is 320 g/mol. The molecule has 9 heteroatoms. The molecule has 0 radical (unpaired) electrons. The SMILES string of the molecule is COCc1nn(-c2ccc(Cl)c(F)c2)c(Cl)c1[N+](=O)[O-]. The van der Waals surface area contributed by atoms with Crippen LogP contribution in [0.1, 0.15) is 5.69 Å². The number of halogens is 3. The van der Waals surface area contributed by atoms with Crippen molar-refractivity contribution in [2.75, 3.05) is 7.11 Å². The van der Waals surface area contributed by atoms with Gasteiger partial charge in [0.15, 0.2) is 5.69 Å². The molecule has 106 valence electrons. The molecule has 0 spiro atoms. The molecule has 0 N–H and O–H groups in total. The molecule has 0 aliphatic heterocycles. The van der Waals surface area contributed by atoms with Crippen molar-refractivity contribution in [2.24, 2.45) is 0 Å². The fraction of sp³-hybridized carbons (Fsp3) is 0.182. The third kappa shape index (κ3) is 2.60. The summed E-state index contributed by atoms with van der Waals surface area (Å²) in [5.74, 6) is -0.674. The first-order valence-electron chi connectivity index (χ1n) is 5.32. The lowest BCUT2D eigenvalue weighted by molar-refractivity contribution is -0.385. The zero-order valence-electron chi connectivity index (χ0n) is 10.1. The van der Waals surface area contributed by atoms with E-state index in [2.05, 4.69) is 5.10 Å². The predicted octanol–water partition coefficient (Wildman–Crippen LogP) is 3.37. The van der Waals surface area contributed by atoms with Gasteiger partial charge in [0.25, 0.3) is 0 Å². The number of aromatic nitrogens is 2. The number of hydrogen-bond donors (Lipinski definition) is 0. The Labute approximate surface area is 122 Å². The Balaban J connectivity index is 2.59. The maximum atomic E-state index is 13.4. The van der Waals surface area contributed by atoms with Gasteiger partial charge in [-0.05, 0) is 12.1 Å². The van der Waals surface area contributed by atoms with Gasteiger partial charge in [-0.2, -0.15) is 5.10 Å². The number of ether oxygens (including phenoxy) is 1. The average Bonchev–Trinajstić information content (AvgIpc) is 2.70. The van der Waals surface area contributed by atoms with Gasteiger partial charge in [-0.3, -0.25) is 10.1 Å². The third-order valence-corrected chi connectivity index (χ3v) is 3.13. The van der Waals surface area contributed by atoms with Crippen LogP contribution in [0.3, 0.4) is 0 Å². The summed E-state index contributed by atoms with van der Waals surface area (Å²) in [4.78, 5) is 10.3. The van der Waals surface area contributed by atoms with Crippen LogP contribution in [0.25, 0.3) is 5.69 Å². The molecule has 0 fully saturated rings. The first-order valence-corrected chi connectivity index (χ1v) is 6.07. The summed E-state index contributed by atoms with van der Waals surface area (Å²) in [5, 5.41) is 14.7. The number of nitrogens with zero attached hydrogens (tertiary/aromatic N) is 3. The predicted molar refractivity (Wildman–Crippen MR) is 70.9 cm³/mol. The normalized spacial score (nSPS) is 10.8. The van der Waals surface area contributed by atoms with Gasteiger partial charge in [0.05, 0.1) is 22.2 Å². The van der Waals surface area contributed by atoms with E-state index in [9.17, 15) is 14.5 Å². The highest BCUT2D eigenvalue weighted by molar-refractivity contribution is 6.32. The number of methoxy groups -OCH3 is 1. The molecule has 2 aromatic rings. The van der Waals surface area contributed by atoms with Crippen molar-refractivity contribution in [3.63, 3.8) is 0 Å². The van der Waals surface area contributed by atoms with Crippen molar-refractivity contribution in [1.82, 2.24) is 9.78 Å². The molecule has 2 rings (SSSR count). The zero-order valence-corrected chi connectivity index (χ0v) is 11.7. The summed E-state index contributed by atoms with van der Waals surface area (Å²) in [5.41, 5.74) is -0.0934. The maximum Gasteiger partial charge on any atom is 0.331 e. The van der Waals surface area contributed by atoms with Crippen LogP contribution in [0.15, 0.2) is 18.2 Å². The van der Waals surface area contributed by atoms with Gasteiger partial charge in [-0.15, -0.1) is 0 Å².